The van der Waals surface area contributed by atoms with Crippen LogP contribution in [0.4, 0.5) is 13.2 Å². The molecule has 102 valence electrons. The van der Waals surface area contributed by atoms with E-state index in [1.807, 2.05) is 6.92 Å². The summed E-state index contributed by atoms with van der Waals surface area (Å²) < 4.78 is 35.4. The van der Waals surface area contributed by atoms with E-state index in [1.54, 1.807) is 0 Å². The standard InChI is InChI=1S/C9H15F3N2OS.ClH/c1-8(2-3-13-6-8)7(15)14-4-5-16-9(10,11)12;/h13H,2-6H2,1H3,(H,14,15);1H. The minimum Gasteiger partial charge on any atom is -0.355 e. The Morgan fingerprint density at radius 1 is 1.53 bits per heavy atom. The van der Waals surface area contributed by atoms with Crippen molar-refractivity contribution in [3.8, 4) is 0 Å². The van der Waals surface area contributed by atoms with E-state index in [2.05, 4.69) is 10.6 Å². The molecule has 0 bridgehead atoms. The molecule has 2 N–H and O–H groups in total. The Bertz CT molecular complexity index is 257. The molecule has 1 amide bonds. The van der Waals surface area contributed by atoms with Gasteiger partial charge in [0, 0.05) is 18.8 Å². The smallest absolute Gasteiger partial charge is 0.355 e. The average molecular weight is 293 g/mol. The first kappa shape index (κ1) is 16.9. The van der Waals surface area contributed by atoms with Crippen LogP contribution in [0.5, 0.6) is 0 Å². The van der Waals surface area contributed by atoms with Crippen molar-refractivity contribution in [3.05, 3.63) is 0 Å². The zero-order chi connectivity index (χ0) is 12.2. The highest BCUT2D eigenvalue weighted by Crippen LogP contribution is 2.29. The molecule has 1 aliphatic heterocycles. The topological polar surface area (TPSA) is 41.1 Å². The van der Waals surface area contributed by atoms with Crippen LogP contribution in [-0.4, -0.2) is 36.8 Å². The minimum absolute atomic E-state index is 0. The first-order valence-corrected chi connectivity index (χ1v) is 6.02. The number of halogens is 4. The zero-order valence-electron chi connectivity index (χ0n) is 9.39. The van der Waals surface area contributed by atoms with E-state index in [-0.39, 0.29) is 42.4 Å². The lowest BCUT2D eigenvalue weighted by molar-refractivity contribution is -0.129. The Balaban J connectivity index is 0.00000256. The van der Waals surface area contributed by atoms with Crippen LogP contribution in [0.1, 0.15) is 13.3 Å². The summed E-state index contributed by atoms with van der Waals surface area (Å²) in [6.45, 7) is 3.24. The lowest BCUT2D eigenvalue weighted by atomic mass is 9.89. The number of alkyl halides is 3. The number of thioether (sulfide) groups is 1. The minimum atomic E-state index is -4.22. The molecule has 1 aliphatic rings. The maximum atomic E-state index is 11.8. The van der Waals surface area contributed by atoms with Crippen LogP contribution in [0.3, 0.4) is 0 Å². The molecule has 0 aromatic rings. The van der Waals surface area contributed by atoms with Crippen LogP contribution >= 0.6 is 24.2 Å². The summed E-state index contributed by atoms with van der Waals surface area (Å²) in [4.78, 5) is 11.6. The van der Waals surface area contributed by atoms with E-state index >= 15 is 0 Å². The van der Waals surface area contributed by atoms with Gasteiger partial charge in [-0.05, 0) is 31.7 Å². The van der Waals surface area contributed by atoms with E-state index in [4.69, 9.17) is 0 Å². The summed E-state index contributed by atoms with van der Waals surface area (Å²) in [5.41, 5.74) is -4.69. The molecule has 3 nitrogen and oxygen atoms in total. The molecular formula is C9H16ClF3N2OS. The summed E-state index contributed by atoms with van der Waals surface area (Å²) in [6.07, 6.45) is 0.727. The normalized spacial score (nSPS) is 24.2. The number of nitrogens with one attached hydrogen (secondary N) is 2. The van der Waals surface area contributed by atoms with Crippen molar-refractivity contribution in [2.24, 2.45) is 5.41 Å². The number of hydrogen-bond donors (Lipinski definition) is 2. The Morgan fingerprint density at radius 3 is 2.65 bits per heavy atom. The molecular weight excluding hydrogens is 277 g/mol. The summed E-state index contributed by atoms with van der Waals surface area (Å²) in [7, 11) is 0. The number of carbonyl (C=O) groups excluding carboxylic acids is 1. The van der Waals surface area contributed by atoms with E-state index in [1.165, 1.54) is 0 Å². The van der Waals surface area contributed by atoms with Crippen molar-refractivity contribution in [3.63, 3.8) is 0 Å². The highest BCUT2D eigenvalue weighted by Gasteiger charge is 2.36. The van der Waals surface area contributed by atoms with Crippen LogP contribution in [0, 0.1) is 5.41 Å². The Morgan fingerprint density at radius 2 is 2.18 bits per heavy atom. The predicted molar refractivity (Wildman–Crippen MR) is 64.4 cm³/mol. The lowest BCUT2D eigenvalue weighted by Crippen LogP contribution is -2.41. The number of carbonyl (C=O) groups is 1. The molecule has 17 heavy (non-hydrogen) atoms. The van der Waals surface area contributed by atoms with Gasteiger partial charge in [0.1, 0.15) is 0 Å². The SMILES string of the molecule is CC1(C(=O)NCCSC(F)(F)F)CCNC1.Cl. The zero-order valence-corrected chi connectivity index (χ0v) is 11.0. The van der Waals surface area contributed by atoms with Gasteiger partial charge < -0.3 is 10.6 Å². The first-order chi connectivity index (χ1) is 7.33. The van der Waals surface area contributed by atoms with Crippen molar-refractivity contribution < 1.29 is 18.0 Å². The van der Waals surface area contributed by atoms with E-state index in [9.17, 15) is 18.0 Å². The molecule has 0 aliphatic carbocycles. The quantitative estimate of drug-likeness (QED) is 0.776. The fourth-order valence-corrected chi connectivity index (χ4v) is 1.99. The molecule has 1 fully saturated rings. The predicted octanol–water partition coefficient (Wildman–Crippen LogP) is 1.78. The maximum Gasteiger partial charge on any atom is 0.441 e. The lowest BCUT2D eigenvalue weighted by Gasteiger charge is -2.21. The summed E-state index contributed by atoms with van der Waals surface area (Å²) >= 11 is -0.113. The van der Waals surface area contributed by atoms with Gasteiger partial charge in [-0.1, -0.05) is 0 Å². The van der Waals surface area contributed by atoms with Crippen molar-refractivity contribution in [2.75, 3.05) is 25.4 Å². The molecule has 1 rings (SSSR count). The highest BCUT2D eigenvalue weighted by atomic mass is 35.5. The summed E-state index contributed by atoms with van der Waals surface area (Å²) in [5.74, 6) is -0.307. The van der Waals surface area contributed by atoms with Gasteiger partial charge in [0.15, 0.2) is 0 Å². The molecule has 8 heteroatoms. The second-order valence-electron chi connectivity index (χ2n) is 4.04. The second kappa shape index (κ2) is 6.70. The average Bonchev–Trinajstić information content (AvgIpc) is 2.59. The molecule has 0 aromatic carbocycles. The molecule has 1 saturated heterocycles. The largest absolute Gasteiger partial charge is 0.441 e. The van der Waals surface area contributed by atoms with Crippen LogP contribution in [0.15, 0.2) is 0 Å². The fourth-order valence-electron chi connectivity index (χ4n) is 1.56. The third-order valence-corrected chi connectivity index (χ3v) is 3.31. The van der Waals surface area contributed by atoms with Crippen molar-refractivity contribution in [1.29, 1.82) is 0 Å². The van der Waals surface area contributed by atoms with Crippen LogP contribution < -0.4 is 10.6 Å². The van der Waals surface area contributed by atoms with E-state index in [0.29, 0.717) is 6.54 Å². The second-order valence-corrected chi connectivity index (χ2v) is 5.20. The van der Waals surface area contributed by atoms with Gasteiger partial charge in [0.05, 0.1) is 5.41 Å². The summed E-state index contributed by atoms with van der Waals surface area (Å²) in [6, 6.07) is 0. The molecule has 0 aromatic heterocycles. The Hall–Kier alpha value is -0.140. The van der Waals surface area contributed by atoms with Crippen LogP contribution in [-0.2, 0) is 4.79 Å². The van der Waals surface area contributed by atoms with E-state index in [0.717, 1.165) is 13.0 Å². The third kappa shape index (κ3) is 5.83. The number of hydrogen-bond acceptors (Lipinski definition) is 3. The van der Waals surface area contributed by atoms with Crippen molar-refractivity contribution in [2.45, 2.75) is 18.9 Å². The fraction of sp³-hybridized carbons (Fsp3) is 0.889. The van der Waals surface area contributed by atoms with Gasteiger partial charge in [-0.3, -0.25) is 4.79 Å². The van der Waals surface area contributed by atoms with Gasteiger partial charge in [-0.15, -0.1) is 12.4 Å². The molecule has 0 spiro atoms. The van der Waals surface area contributed by atoms with Crippen LogP contribution in [0.2, 0.25) is 0 Å². The van der Waals surface area contributed by atoms with Crippen LogP contribution in [0.25, 0.3) is 0 Å². The monoisotopic (exact) mass is 292 g/mol. The highest BCUT2D eigenvalue weighted by molar-refractivity contribution is 8.00. The van der Waals surface area contributed by atoms with Crippen molar-refractivity contribution in [1.82, 2.24) is 10.6 Å². The van der Waals surface area contributed by atoms with Gasteiger partial charge in [-0.2, -0.15) is 13.2 Å². The Kier molecular flexibility index (Phi) is 6.65. The van der Waals surface area contributed by atoms with Gasteiger partial charge in [-0.25, -0.2) is 0 Å². The van der Waals surface area contributed by atoms with Gasteiger partial charge >= 0.3 is 5.51 Å². The van der Waals surface area contributed by atoms with Crippen molar-refractivity contribution >= 4 is 30.1 Å². The number of rotatable bonds is 4. The molecule has 1 unspecified atom stereocenters. The maximum absolute atomic E-state index is 11.8. The third-order valence-electron chi connectivity index (χ3n) is 2.57. The van der Waals surface area contributed by atoms with Gasteiger partial charge in [0.2, 0.25) is 5.91 Å². The molecule has 0 saturated carbocycles. The molecule has 1 atom stereocenters. The Labute approximate surface area is 109 Å². The molecule has 1 heterocycles. The molecule has 0 radical (unpaired) electrons. The van der Waals surface area contributed by atoms with E-state index < -0.39 is 10.9 Å². The number of amides is 1. The first-order valence-electron chi connectivity index (χ1n) is 5.03. The van der Waals surface area contributed by atoms with Gasteiger partial charge in [0.25, 0.3) is 0 Å². The summed E-state index contributed by atoms with van der Waals surface area (Å²) in [5, 5.41) is 5.60.